The Morgan fingerprint density at radius 2 is 1.46 bits per heavy atom. The van der Waals surface area contributed by atoms with Crippen LogP contribution in [0.2, 0.25) is 6.55 Å². The lowest BCUT2D eigenvalue weighted by molar-refractivity contribution is 2.02. The molecule has 0 aromatic carbocycles. The first-order valence-electron chi connectivity index (χ1n) is 4.37. The minimum Gasteiger partial charge on any atom is -0.107 e. The molecule has 0 spiro atoms. The Labute approximate surface area is 84.3 Å². The minimum atomic E-state index is -1.70. The van der Waals surface area contributed by atoms with Gasteiger partial charge in [-0.25, -0.2) is 0 Å². The maximum Gasteiger partial charge on any atom is 0.148 e. The minimum absolute atomic E-state index is 0.848. The van der Waals surface area contributed by atoms with Gasteiger partial charge in [0, 0.05) is 0 Å². The maximum atomic E-state index is 3.84. The van der Waals surface area contributed by atoms with Gasteiger partial charge >= 0.3 is 0 Å². The lowest BCUT2D eigenvalue weighted by Crippen LogP contribution is -2.24. The SMILES string of the molecule is C=C[SiH](C)C=C[Si](C=C)(C=C)C=C. The van der Waals surface area contributed by atoms with E-state index in [0.29, 0.717) is 0 Å². The Morgan fingerprint density at radius 3 is 1.77 bits per heavy atom. The summed E-state index contributed by atoms with van der Waals surface area (Å²) in [4.78, 5) is 0. The van der Waals surface area contributed by atoms with Crippen LogP contribution in [-0.4, -0.2) is 16.9 Å². The van der Waals surface area contributed by atoms with Gasteiger partial charge < -0.3 is 0 Å². The van der Waals surface area contributed by atoms with Gasteiger partial charge in [-0.1, -0.05) is 29.3 Å². The first kappa shape index (κ1) is 12.1. The normalized spacial score (nSPS) is 13.6. The van der Waals surface area contributed by atoms with Gasteiger partial charge in [-0.15, -0.1) is 37.7 Å². The van der Waals surface area contributed by atoms with Crippen molar-refractivity contribution in [1.82, 2.24) is 0 Å². The van der Waals surface area contributed by atoms with Crippen LogP contribution in [0.4, 0.5) is 0 Å². The first-order valence-corrected chi connectivity index (χ1v) is 9.16. The average molecular weight is 206 g/mol. The standard InChI is InChI=1S/C11H18Si2/c1-6-12(5)10-11-13(7-2,8-3)9-4/h6-12H,1-4H2,5H3. The highest BCUT2D eigenvalue weighted by Gasteiger charge is 2.16. The van der Waals surface area contributed by atoms with Crippen LogP contribution in [0.15, 0.2) is 60.5 Å². The lowest BCUT2D eigenvalue weighted by atomic mass is 11.2. The first-order chi connectivity index (χ1) is 6.14. The third-order valence-corrected chi connectivity index (χ3v) is 6.94. The summed E-state index contributed by atoms with van der Waals surface area (Å²) in [7, 11) is -2.55. The monoisotopic (exact) mass is 206 g/mol. The molecule has 0 saturated heterocycles. The summed E-state index contributed by atoms with van der Waals surface area (Å²) in [5.41, 5.74) is 12.5. The molecule has 0 saturated carbocycles. The third kappa shape index (κ3) is 3.57. The highest BCUT2D eigenvalue weighted by Crippen LogP contribution is 2.09. The predicted octanol–water partition coefficient (Wildman–Crippen LogP) is 2.83. The lowest BCUT2D eigenvalue weighted by Gasteiger charge is -2.13. The van der Waals surface area contributed by atoms with Crippen LogP contribution in [0, 0.1) is 0 Å². The number of hydrogen-bond donors (Lipinski definition) is 0. The molecule has 13 heavy (non-hydrogen) atoms. The average Bonchev–Trinajstić information content (AvgIpc) is 2.20. The van der Waals surface area contributed by atoms with Crippen LogP contribution in [-0.2, 0) is 0 Å². The Morgan fingerprint density at radius 1 is 1.00 bits per heavy atom. The van der Waals surface area contributed by atoms with E-state index in [-0.39, 0.29) is 0 Å². The summed E-state index contributed by atoms with van der Waals surface area (Å²) in [5, 5.41) is 0. The summed E-state index contributed by atoms with van der Waals surface area (Å²) in [6.07, 6.45) is 0. The summed E-state index contributed by atoms with van der Waals surface area (Å²) in [5.74, 6) is 0. The van der Waals surface area contributed by atoms with E-state index >= 15 is 0 Å². The fourth-order valence-corrected chi connectivity index (χ4v) is 4.46. The van der Waals surface area contributed by atoms with Gasteiger partial charge in [-0.2, -0.15) is 0 Å². The molecule has 0 aliphatic heterocycles. The topological polar surface area (TPSA) is 0 Å². The van der Waals surface area contributed by atoms with E-state index in [1.165, 1.54) is 0 Å². The number of rotatable bonds is 6. The molecule has 70 valence electrons. The largest absolute Gasteiger partial charge is 0.148 e. The van der Waals surface area contributed by atoms with Crippen LogP contribution >= 0.6 is 0 Å². The molecular formula is C11H18Si2. The zero-order chi connectivity index (χ0) is 10.3. The fourth-order valence-electron chi connectivity index (χ4n) is 0.851. The van der Waals surface area contributed by atoms with E-state index < -0.39 is 16.9 Å². The molecule has 0 bridgehead atoms. The van der Waals surface area contributed by atoms with Crippen LogP contribution in [0.1, 0.15) is 0 Å². The van der Waals surface area contributed by atoms with Crippen molar-refractivity contribution in [2.75, 3.05) is 0 Å². The second kappa shape index (κ2) is 5.72. The zero-order valence-corrected chi connectivity index (χ0v) is 10.5. The van der Waals surface area contributed by atoms with E-state index in [9.17, 15) is 0 Å². The molecule has 1 atom stereocenters. The van der Waals surface area contributed by atoms with Gasteiger partial charge in [0.2, 0.25) is 0 Å². The molecule has 2 heteroatoms. The van der Waals surface area contributed by atoms with Crippen molar-refractivity contribution < 1.29 is 0 Å². The summed E-state index contributed by atoms with van der Waals surface area (Å²) < 4.78 is 0. The molecule has 0 rings (SSSR count). The third-order valence-electron chi connectivity index (χ3n) is 2.12. The summed E-state index contributed by atoms with van der Waals surface area (Å²) in [6, 6.07) is 0. The van der Waals surface area contributed by atoms with E-state index in [0.717, 1.165) is 0 Å². The van der Waals surface area contributed by atoms with Gasteiger partial charge in [-0.05, 0) is 0 Å². The molecule has 0 heterocycles. The highest BCUT2D eigenvalue weighted by molar-refractivity contribution is 6.97. The predicted molar refractivity (Wildman–Crippen MR) is 68.7 cm³/mol. The Kier molecular flexibility index (Phi) is 5.34. The molecular weight excluding hydrogens is 188 g/mol. The van der Waals surface area contributed by atoms with Crippen molar-refractivity contribution >= 4 is 16.9 Å². The van der Waals surface area contributed by atoms with E-state index in [2.05, 4.69) is 44.3 Å². The van der Waals surface area contributed by atoms with Crippen LogP contribution in [0.5, 0.6) is 0 Å². The molecule has 1 unspecified atom stereocenters. The number of hydrogen-bond acceptors (Lipinski definition) is 0. The van der Waals surface area contributed by atoms with Gasteiger partial charge in [0.1, 0.15) is 8.07 Å². The molecule has 0 aromatic rings. The maximum absolute atomic E-state index is 3.84. The Balaban J connectivity index is 4.68. The van der Waals surface area contributed by atoms with E-state index in [1.807, 2.05) is 22.8 Å². The molecule has 0 N–H and O–H groups in total. The van der Waals surface area contributed by atoms with Gasteiger partial charge in [-0.3, -0.25) is 0 Å². The van der Waals surface area contributed by atoms with Gasteiger partial charge in [0.25, 0.3) is 0 Å². The van der Waals surface area contributed by atoms with Crippen molar-refractivity contribution in [2.24, 2.45) is 0 Å². The van der Waals surface area contributed by atoms with Gasteiger partial charge in [0.15, 0.2) is 0 Å². The van der Waals surface area contributed by atoms with Crippen molar-refractivity contribution in [2.45, 2.75) is 6.55 Å². The Bertz CT molecular complexity index is 217. The zero-order valence-electron chi connectivity index (χ0n) is 8.37. The van der Waals surface area contributed by atoms with E-state index in [1.54, 1.807) is 0 Å². The molecule has 0 fully saturated rings. The molecule has 0 aromatic heterocycles. The quantitative estimate of drug-likeness (QED) is 0.586. The Hall–Kier alpha value is -0.866. The van der Waals surface area contributed by atoms with Crippen molar-refractivity contribution in [3.63, 3.8) is 0 Å². The second-order valence-corrected chi connectivity index (χ2v) is 9.20. The van der Waals surface area contributed by atoms with Crippen molar-refractivity contribution in [1.29, 1.82) is 0 Å². The molecule has 0 aliphatic carbocycles. The highest BCUT2D eigenvalue weighted by atomic mass is 28.3. The summed E-state index contributed by atoms with van der Waals surface area (Å²) >= 11 is 0. The van der Waals surface area contributed by atoms with Crippen molar-refractivity contribution in [3.8, 4) is 0 Å². The fraction of sp³-hybridized carbons (Fsp3) is 0.0909. The van der Waals surface area contributed by atoms with Gasteiger partial charge in [0.05, 0.1) is 8.80 Å². The van der Waals surface area contributed by atoms with Crippen LogP contribution in [0.3, 0.4) is 0 Å². The smallest absolute Gasteiger partial charge is 0.107 e. The second-order valence-electron chi connectivity index (χ2n) is 3.07. The van der Waals surface area contributed by atoms with Crippen LogP contribution in [0.25, 0.3) is 0 Å². The molecule has 0 amide bonds. The van der Waals surface area contributed by atoms with Crippen LogP contribution < -0.4 is 0 Å². The van der Waals surface area contributed by atoms with E-state index in [4.69, 9.17) is 0 Å². The summed E-state index contributed by atoms with van der Waals surface area (Å²) in [6.45, 7) is 17.5. The molecule has 0 aliphatic rings. The molecule has 0 radical (unpaired) electrons. The van der Waals surface area contributed by atoms with Crippen molar-refractivity contribution in [3.05, 3.63) is 60.5 Å². The molecule has 0 nitrogen and oxygen atoms in total.